The number of likely N-dealkylation sites (tertiary alicyclic amines) is 1. The highest BCUT2D eigenvalue weighted by Crippen LogP contribution is 2.34. The van der Waals surface area contributed by atoms with Crippen LogP contribution in [0.15, 0.2) is 55.5 Å². The Hall–Kier alpha value is -4.41. The number of ether oxygens (including phenoxy) is 1. The van der Waals surface area contributed by atoms with Crippen LogP contribution in [0.2, 0.25) is 0 Å². The largest absolute Gasteiger partial charge is 0.436 e. The number of carbonyl (C=O) groups excluding carboxylic acids is 1. The van der Waals surface area contributed by atoms with Crippen LogP contribution in [0.4, 0.5) is 14.6 Å². The number of pyridine rings is 1. The number of rotatable bonds is 5. The predicted octanol–water partition coefficient (Wildman–Crippen LogP) is 3.50. The highest BCUT2D eigenvalue weighted by molar-refractivity contribution is 5.98. The summed E-state index contributed by atoms with van der Waals surface area (Å²) in [7, 11) is 0. The van der Waals surface area contributed by atoms with Crippen molar-refractivity contribution in [3.05, 3.63) is 67.1 Å². The van der Waals surface area contributed by atoms with Crippen molar-refractivity contribution in [3.63, 3.8) is 0 Å². The molecule has 0 aliphatic carbocycles. The second-order valence-electron chi connectivity index (χ2n) is 7.72. The van der Waals surface area contributed by atoms with Crippen LogP contribution >= 0.6 is 0 Å². The summed E-state index contributed by atoms with van der Waals surface area (Å²) >= 11 is 0. The number of carbonyl (C=O) groups is 1. The smallest absolute Gasteiger partial charge is 0.246 e. The summed E-state index contributed by atoms with van der Waals surface area (Å²) < 4.78 is 34.5. The Morgan fingerprint density at radius 3 is 2.82 bits per heavy atom. The summed E-state index contributed by atoms with van der Waals surface area (Å²) in [4.78, 5) is 26.4. The Morgan fingerprint density at radius 1 is 1.21 bits per heavy atom. The molecular formula is C23H19F2N7O2. The molecule has 172 valence electrons. The molecule has 0 saturated carbocycles. The lowest BCUT2D eigenvalue weighted by Gasteiger charge is -2.14. The third-order valence-electron chi connectivity index (χ3n) is 5.65. The minimum atomic E-state index is -1.09. The molecule has 1 aliphatic rings. The molecule has 34 heavy (non-hydrogen) atoms. The van der Waals surface area contributed by atoms with E-state index in [0.717, 1.165) is 6.07 Å². The zero-order valence-electron chi connectivity index (χ0n) is 17.9. The molecule has 1 unspecified atom stereocenters. The van der Waals surface area contributed by atoms with Gasteiger partial charge < -0.3 is 15.4 Å². The van der Waals surface area contributed by atoms with Gasteiger partial charge in [0.1, 0.15) is 17.8 Å². The number of nitrogens with zero attached hydrogens (tertiary/aromatic N) is 6. The van der Waals surface area contributed by atoms with Gasteiger partial charge in [-0.1, -0.05) is 12.6 Å². The van der Waals surface area contributed by atoms with E-state index in [4.69, 9.17) is 15.6 Å². The van der Waals surface area contributed by atoms with Gasteiger partial charge in [0.2, 0.25) is 17.6 Å². The maximum atomic E-state index is 13.9. The number of hydrogen-bond acceptors (Lipinski definition) is 7. The van der Waals surface area contributed by atoms with Crippen molar-refractivity contribution in [2.24, 2.45) is 0 Å². The van der Waals surface area contributed by atoms with Gasteiger partial charge in [0.05, 0.1) is 11.4 Å². The number of anilines is 1. The lowest BCUT2D eigenvalue weighted by molar-refractivity contribution is -0.125. The summed E-state index contributed by atoms with van der Waals surface area (Å²) in [6.45, 7) is 4.59. The van der Waals surface area contributed by atoms with Gasteiger partial charge in [-0.15, -0.1) is 0 Å². The molecule has 0 radical (unpaired) electrons. The molecule has 1 aliphatic heterocycles. The standard InChI is InChI=1S/C23H19F2N7O2/c1-2-18(33)31-9-8-14(11-31)32-23-19(22(26)28-12-29-23)21(30-32)13-6-7-17(27-10-13)34-16-5-3-4-15(24)20(16)25/h2-7,10,12,14H,1,8-9,11H2,(H2,26,28,29). The number of aromatic nitrogens is 5. The third-order valence-corrected chi connectivity index (χ3v) is 5.65. The van der Waals surface area contributed by atoms with Crippen LogP contribution in [0.3, 0.4) is 0 Å². The summed E-state index contributed by atoms with van der Waals surface area (Å²) in [5.74, 6) is -2.18. The number of nitrogens with two attached hydrogens (primary N) is 1. The number of nitrogen functional groups attached to an aromatic ring is 1. The van der Waals surface area contributed by atoms with Crippen LogP contribution in [0.25, 0.3) is 22.3 Å². The maximum absolute atomic E-state index is 13.9. The Labute approximate surface area is 192 Å². The zero-order valence-corrected chi connectivity index (χ0v) is 17.9. The number of benzene rings is 1. The molecule has 2 N–H and O–H groups in total. The third kappa shape index (κ3) is 3.70. The Morgan fingerprint density at radius 2 is 2.06 bits per heavy atom. The second-order valence-corrected chi connectivity index (χ2v) is 7.72. The molecular weight excluding hydrogens is 444 g/mol. The minimum Gasteiger partial charge on any atom is -0.436 e. The Kier molecular flexibility index (Phi) is 5.36. The van der Waals surface area contributed by atoms with E-state index in [2.05, 4.69) is 21.5 Å². The normalized spacial score (nSPS) is 15.6. The predicted molar refractivity (Wildman–Crippen MR) is 120 cm³/mol. The van der Waals surface area contributed by atoms with Crippen molar-refractivity contribution in [2.45, 2.75) is 12.5 Å². The number of fused-ring (bicyclic) bond motifs is 1. The summed E-state index contributed by atoms with van der Waals surface area (Å²) in [5, 5.41) is 5.30. The molecule has 0 bridgehead atoms. The monoisotopic (exact) mass is 463 g/mol. The van der Waals surface area contributed by atoms with Crippen LogP contribution in [0, 0.1) is 11.6 Å². The molecule has 5 rings (SSSR count). The van der Waals surface area contributed by atoms with E-state index < -0.39 is 11.6 Å². The first-order valence-electron chi connectivity index (χ1n) is 10.4. The molecule has 1 atom stereocenters. The maximum Gasteiger partial charge on any atom is 0.246 e. The lowest BCUT2D eigenvalue weighted by Crippen LogP contribution is -2.27. The molecule has 1 fully saturated rings. The highest BCUT2D eigenvalue weighted by atomic mass is 19.2. The zero-order chi connectivity index (χ0) is 23.8. The van der Waals surface area contributed by atoms with E-state index in [9.17, 15) is 13.6 Å². The van der Waals surface area contributed by atoms with Crippen molar-refractivity contribution in [1.82, 2.24) is 29.6 Å². The van der Waals surface area contributed by atoms with E-state index in [0.29, 0.717) is 41.8 Å². The van der Waals surface area contributed by atoms with Crippen LogP contribution in [-0.4, -0.2) is 48.6 Å². The van der Waals surface area contributed by atoms with Crippen molar-refractivity contribution in [2.75, 3.05) is 18.8 Å². The first-order chi connectivity index (χ1) is 16.5. The average Bonchev–Trinajstić information content (AvgIpc) is 3.48. The first kappa shape index (κ1) is 21.4. The van der Waals surface area contributed by atoms with Crippen molar-refractivity contribution in [1.29, 1.82) is 0 Å². The van der Waals surface area contributed by atoms with Crippen molar-refractivity contribution >= 4 is 22.8 Å². The van der Waals surface area contributed by atoms with Crippen LogP contribution in [0.1, 0.15) is 12.5 Å². The SMILES string of the molecule is C=CC(=O)N1CCC(n2nc(-c3ccc(Oc4cccc(F)c4F)nc3)c3c(N)ncnc32)C1. The molecule has 0 spiro atoms. The molecule has 1 aromatic carbocycles. The molecule has 1 saturated heterocycles. The van der Waals surface area contributed by atoms with E-state index in [1.54, 1.807) is 15.6 Å². The van der Waals surface area contributed by atoms with Gasteiger partial charge in [-0.25, -0.2) is 24.0 Å². The molecule has 3 aromatic heterocycles. The molecule has 9 nitrogen and oxygen atoms in total. The van der Waals surface area contributed by atoms with Gasteiger partial charge in [0, 0.05) is 30.9 Å². The van der Waals surface area contributed by atoms with E-state index in [1.165, 1.54) is 36.8 Å². The second kappa shape index (κ2) is 8.50. The minimum absolute atomic E-state index is 0.0792. The number of amides is 1. The van der Waals surface area contributed by atoms with Gasteiger partial charge in [0.25, 0.3) is 0 Å². The molecule has 4 aromatic rings. The topological polar surface area (TPSA) is 112 Å². The Balaban J connectivity index is 1.49. The van der Waals surface area contributed by atoms with Crippen molar-refractivity contribution in [3.8, 4) is 22.9 Å². The van der Waals surface area contributed by atoms with E-state index in [-0.39, 0.29) is 29.4 Å². The fraction of sp³-hybridized carbons (Fsp3) is 0.174. The summed E-state index contributed by atoms with van der Waals surface area (Å²) in [6, 6.07) is 6.76. The van der Waals surface area contributed by atoms with E-state index >= 15 is 0 Å². The fourth-order valence-electron chi connectivity index (χ4n) is 3.98. The van der Waals surface area contributed by atoms with Crippen LogP contribution < -0.4 is 10.5 Å². The van der Waals surface area contributed by atoms with Crippen LogP contribution in [-0.2, 0) is 4.79 Å². The average molecular weight is 463 g/mol. The van der Waals surface area contributed by atoms with Crippen molar-refractivity contribution < 1.29 is 18.3 Å². The quantitative estimate of drug-likeness (QED) is 0.451. The molecule has 4 heterocycles. The summed E-state index contributed by atoms with van der Waals surface area (Å²) in [5.41, 5.74) is 7.82. The van der Waals surface area contributed by atoms with Gasteiger partial charge in [-0.05, 0) is 30.7 Å². The van der Waals surface area contributed by atoms with E-state index in [1.807, 2.05) is 0 Å². The Bertz CT molecular complexity index is 1400. The first-order valence-corrected chi connectivity index (χ1v) is 10.4. The van der Waals surface area contributed by atoms with Crippen LogP contribution in [0.5, 0.6) is 11.6 Å². The van der Waals surface area contributed by atoms with Gasteiger partial charge in [-0.3, -0.25) is 4.79 Å². The van der Waals surface area contributed by atoms with Gasteiger partial charge in [0.15, 0.2) is 17.2 Å². The lowest BCUT2D eigenvalue weighted by atomic mass is 10.1. The molecule has 11 heteroatoms. The van der Waals surface area contributed by atoms with Gasteiger partial charge in [-0.2, -0.15) is 9.49 Å². The fourth-order valence-corrected chi connectivity index (χ4v) is 3.98. The number of halogens is 2. The summed E-state index contributed by atoms with van der Waals surface area (Å²) in [6.07, 6.45) is 4.85. The highest BCUT2D eigenvalue weighted by Gasteiger charge is 2.30. The molecule has 1 amide bonds. The van der Waals surface area contributed by atoms with Gasteiger partial charge >= 0.3 is 0 Å². The number of hydrogen-bond donors (Lipinski definition) is 1.